The highest BCUT2D eigenvalue weighted by molar-refractivity contribution is 5.56. The molecular weight excluding hydrogens is 260 g/mol. The minimum atomic E-state index is -0.436. The van der Waals surface area contributed by atoms with Crippen molar-refractivity contribution in [2.75, 3.05) is 6.54 Å². The average Bonchev–Trinajstić information content (AvgIpc) is 3.15. The van der Waals surface area contributed by atoms with Gasteiger partial charge in [-0.05, 0) is 25.0 Å². The topological polar surface area (TPSA) is 94.1 Å². The molecule has 0 aliphatic heterocycles. The first-order valence-electron chi connectivity index (χ1n) is 6.53. The molecule has 0 bridgehead atoms. The molecule has 1 aromatic heterocycles. The van der Waals surface area contributed by atoms with E-state index in [9.17, 15) is 10.1 Å². The summed E-state index contributed by atoms with van der Waals surface area (Å²) < 4.78 is 5.16. The van der Waals surface area contributed by atoms with Crippen molar-refractivity contribution in [1.29, 1.82) is 0 Å². The standard InChI is InChI=1S/C13H14N4O3/c18-17(19)11-5-1-9(2-6-11)13-15-12(20-16-13)7-8-14-10-3-4-10/h1-2,5-6,10,14H,3-4,7-8H2. The fraction of sp³-hybridized carbons (Fsp3) is 0.385. The Morgan fingerprint density at radius 3 is 2.75 bits per heavy atom. The number of nitro benzene ring substituents is 1. The minimum absolute atomic E-state index is 0.0473. The monoisotopic (exact) mass is 274 g/mol. The van der Waals surface area contributed by atoms with E-state index in [1.165, 1.54) is 25.0 Å². The normalized spacial score (nSPS) is 14.4. The van der Waals surface area contributed by atoms with Gasteiger partial charge in [-0.3, -0.25) is 10.1 Å². The van der Waals surface area contributed by atoms with Crippen molar-refractivity contribution in [3.63, 3.8) is 0 Å². The van der Waals surface area contributed by atoms with Crippen molar-refractivity contribution in [2.24, 2.45) is 0 Å². The van der Waals surface area contributed by atoms with Crippen LogP contribution in [-0.4, -0.2) is 27.7 Å². The smallest absolute Gasteiger partial charge is 0.269 e. The molecule has 7 nitrogen and oxygen atoms in total. The molecule has 1 saturated carbocycles. The summed E-state index contributed by atoms with van der Waals surface area (Å²) in [6, 6.07) is 6.76. The fourth-order valence-corrected chi connectivity index (χ4v) is 1.88. The van der Waals surface area contributed by atoms with Gasteiger partial charge in [-0.2, -0.15) is 4.98 Å². The predicted octanol–water partition coefficient (Wildman–Crippen LogP) is 1.94. The number of rotatable bonds is 6. The Balaban J connectivity index is 1.64. The zero-order chi connectivity index (χ0) is 13.9. The van der Waals surface area contributed by atoms with E-state index in [-0.39, 0.29) is 5.69 Å². The molecule has 1 aromatic carbocycles. The average molecular weight is 274 g/mol. The molecule has 104 valence electrons. The summed E-state index contributed by atoms with van der Waals surface area (Å²) in [5.74, 6) is 1.04. The fourth-order valence-electron chi connectivity index (χ4n) is 1.88. The summed E-state index contributed by atoms with van der Waals surface area (Å²) in [5.41, 5.74) is 0.756. The second kappa shape index (κ2) is 5.38. The van der Waals surface area contributed by atoms with Crippen molar-refractivity contribution >= 4 is 5.69 Å². The molecule has 0 amide bonds. The first-order chi connectivity index (χ1) is 9.72. The summed E-state index contributed by atoms with van der Waals surface area (Å²) in [6.07, 6.45) is 3.19. The van der Waals surface area contributed by atoms with E-state index in [4.69, 9.17) is 4.52 Å². The third-order valence-electron chi connectivity index (χ3n) is 3.15. The SMILES string of the molecule is O=[N+]([O-])c1ccc(-c2noc(CCNC3CC3)n2)cc1. The number of non-ortho nitro benzene ring substituents is 1. The molecule has 0 spiro atoms. The molecule has 1 aliphatic rings. The van der Waals surface area contributed by atoms with Gasteiger partial charge in [0.1, 0.15) is 0 Å². The van der Waals surface area contributed by atoms with Crippen LogP contribution in [0.1, 0.15) is 18.7 Å². The van der Waals surface area contributed by atoms with Gasteiger partial charge in [-0.1, -0.05) is 5.16 Å². The Morgan fingerprint density at radius 2 is 2.10 bits per heavy atom. The highest BCUT2D eigenvalue weighted by atomic mass is 16.6. The van der Waals surface area contributed by atoms with Gasteiger partial charge in [0.25, 0.3) is 5.69 Å². The summed E-state index contributed by atoms with van der Waals surface area (Å²) >= 11 is 0. The van der Waals surface area contributed by atoms with Crippen molar-refractivity contribution in [1.82, 2.24) is 15.5 Å². The van der Waals surface area contributed by atoms with Gasteiger partial charge >= 0.3 is 0 Å². The zero-order valence-corrected chi connectivity index (χ0v) is 10.8. The number of benzene rings is 1. The number of hydrogen-bond donors (Lipinski definition) is 1. The van der Waals surface area contributed by atoms with Gasteiger partial charge < -0.3 is 9.84 Å². The minimum Gasteiger partial charge on any atom is -0.339 e. The van der Waals surface area contributed by atoms with Crippen molar-refractivity contribution in [3.8, 4) is 11.4 Å². The summed E-state index contributed by atoms with van der Waals surface area (Å²) in [6.45, 7) is 0.826. The lowest BCUT2D eigenvalue weighted by Gasteiger charge is -1.97. The van der Waals surface area contributed by atoms with Crippen LogP contribution in [0.25, 0.3) is 11.4 Å². The highest BCUT2D eigenvalue weighted by Crippen LogP contribution is 2.20. The maximum absolute atomic E-state index is 10.6. The largest absolute Gasteiger partial charge is 0.339 e. The van der Waals surface area contributed by atoms with Crippen molar-refractivity contribution < 1.29 is 9.45 Å². The van der Waals surface area contributed by atoms with E-state index < -0.39 is 4.92 Å². The molecule has 1 fully saturated rings. The van der Waals surface area contributed by atoms with Gasteiger partial charge in [-0.25, -0.2) is 0 Å². The molecule has 0 radical (unpaired) electrons. The molecule has 1 N–H and O–H groups in total. The number of nitrogens with one attached hydrogen (secondary N) is 1. The lowest BCUT2D eigenvalue weighted by molar-refractivity contribution is -0.384. The van der Waals surface area contributed by atoms with Gasteiger partial charge in [0.15, 0.2) is 0 Å². The molecule has 0 saturated heterocycles. The molecule has 0 atom stereocenters. The van der Waals surface area contributed by atoms with Crippen LogP contribution >= 0.6 is 0 Å². The lowest BCUT2D eigenvalue weighted by Crippen LogP contribution is -2.19. The Kier molecular flexibility index (Phi) is 3.42. The molecule has 3 rings (SSSR count). The van der Waals surface area contributed by atoms with Crippen molar-refractivity contribution in [3.05, 3.63) is 40.3 Å². The Labute approximate surface area is 115 Å². The molecule has 2 aromatic rings. The number of nitro groups is 1. The zero-order valence-electron chi connectivity index (χ0n) is 10.8. The summed E-state index contributed by atoms with van der Waals surface area (Å²) in [5, 5.41) is 17.8. The van der Waals surface area contributed by atoms with Gasteiger partial charge in [0, 0.05) is 36.7 Å². The van der Waals surface area contributed by atoms with Crippen LogP contribution in [0.5, 0.6) is 0 Å². The van der Waals surface area contributed by atoms with Crippen LogP contribution < -0.4 is 5.32 Å². The first-order valence-corrected chi connectivity index (χ1v) is 6.53. The molecular formula is C13H14N4O3. The lowest BCUT2D eigenvalue weighted by atomic mass is 10.2. The van der Waals surface area contributed by atoms with E-state index in [0.29, 0.717) is 29.7 Å². The van der Waals surface area contributed by atoms with Gasteiger partial charge in [-0.15, -0.1) is 0 Å². The van der Waals surface area contributed by atoms with E-state index >= 15 is 0 Å². The van der Waals surface area contributed by atoms with E-state index in [0.717, 1.165) is 6.54 Å². The Morgan fingerprint density at radius 1 is 1.35 bits per heavy atom. The van der Waals surface area contributed by atoms with Gasteiger partial charge in [0.2, 0.25) is 11.7 Å². The van der Waals surface area contributed by atoms with Crippen LogP contribution in [0, 0.1) is 10.1 Å². The number of nitrogens with zero attached hydrogens (tertiary/aromatic N) is 3. The molecule has 20 heavy (non-hydrogen) atoms. The third kappa shape index (κ3) is 3.00. The van der Waals surface area contributed by atoms with Gasteiger partial charge in [0.05, 0.1) is 4.92 Å². The molecule has 7 heteroatoms. The second-order valence-corrected chi connectivity index (χ2v) is 4.79. The highest BCUT2D eigenvalue weighted by Gasteiger charge is 2.20. The number of hydrogen-bond acceptors (Lipinski definition) is 6. The van der Waals surface area contributed by atoms with Crippen LogP contribution in [0.4, 0.5) is 5.69 Å². The van der Waals surface area contributed by atoms with Crippen molar-refractivity contribution in [2.45, 2.75) is 25.3 Å². The molecule has 0 unspecified atom stereocenters. The Bertz CT molecular complexity index is 604. The van der Waals surface area contributed by atoms with E-state index in [1.807, 2.05) is 0 Å². The maximum Gasteiger partial charge on any atom is 0.269 e. The van der Waals surface area contributed by atoms with E-state index in [2.05, 4.69) is 15.5 Å². The third-order valence-corrected chi connectivity index (χ3v) is 3.15. The van der Waals surface area contributed by atoms with Crippen LogP contribution in [0.15, 0.2) is 28.8 Å². The molecule has 1 heterocycles. The predicted molar refractivity (Wildman–Crippen MR) is 71.1 cm³/mol. The van der Waals surface area contributed by atoms with Crippen LogP contribution in [0.3, 0.4) is 0 Å². The first kappa shape index (κ1) is 12.7. The van der Waals surface area contributed by atoms with E-state index in [1.54, 1.807) is 12.1 Å². The second-order valence-electron chi connectivity index (χ2n) is 4.79. The number of aromatic nitrogens is 2. The molecule has 1 aliphatic carbocycles. The quantitative estimate of drug-likeness (QED) is 0.639. The Hall–Kier alpha value is -2.28. The maximum atomic E-state index is 10.6. The summed E-state index contributed by atoms with van der Waals surface area (Å²) in [4.78, 5) is 14.4. The van der Waals surface area contributed by atoms with Crippen LogP contribution in [-0.2, 0) is 6.42 Å². The van der Waals surface area contributed by atoms with Crippen LogP contribution in [0.2, 0.25) is 0 Å². The summed E-state index contributed by atoms with van der Waals surface area (Å²) in [7, 11) is 0.